The molecule has 0 saturated carbocycles. The monoisotopic (exact) mass is 260 g/mol. The van der Waals surface area contributed by atoms with E-state index in [-0.39, 0.29) is 5.69 Å². The molecule has 16 heavy (non-hydrogen) atoms. The average molecular weight is 261 g/mol. The quantitative estimate of drug-likeness (QED) is 0.614. The zero-order valence-electron chi connectivity index (χ0n) is 7.44. The van der Waals surface area contributed by atoms with Gasteiger partial charge < -0.3 is 0 Å². The summed E-state index contributed by atoms with van der Waals surface area (Å²) in [7, 11) is 0. The lowest BCUT2D eigenvalue weighted by atomic mass is 10.1. The van der Waals surface area contributed by atoms with Crippen molar-refractivity contribution in [1.29, 1.82) is 0 Å². The summed E-state index contributed by atoms with van der Waals surface area (Å²) >= 11 is 10.3. The van der Waals surface area contributed by atoms with Crippen molar-refractivity contribution in [3.05, 3.63) is 33.1 Å². The lowest BCUT2D eigenvalue weighted by Crippen LogP contribution is -1.97. The Balaban J connectivity index is 3.65. The van der Waals surface area contributed by atoms with Gasteiger partial charge in [0.15, 0.2) is 0 Å². The van der Waals surface area contributed by atoms with Crippen LogP contribution in [0, 0.1) is 9.81 Å². The number of nitrogens with zero attached hydrogens (tertiary/aromatic N) is 2. The summed E-state index contributed by atoms with van der Waals surface area (Å²) in [4.78, 5) is 42.6. The fraction of sp³-hybridized carbons (Fsp3) is 0. The van der Waals surface area contributed by atoms with E-state index in [0.29, 0.717) is 0 Å². The first-order valence-corrected chi connectivity index (χ1v) is 4.51. The number of halogens is 2. The smallest absolute Gasteiger partial charge is 0.254 e. The third-order valence-electron chi connectivity index (χ3n) is 1.71. The Morgan fingerprint density at radius 1 is 0.938 bits per heavy atom. The number of hydrogen-bond acceptors (Lipinski definition) is 6. The minimum absolute atomic E-state index is 0.250. The van der Waals surface area contributed by atoms with Crippen LogP contribution in [0.25, 0.3) is 0 Å². The third kappa shape index (κ3) is 2.29. The highest BCUT2D eigenvalue weighted by Crippen LogP contribution is 2.32. The molecule has 0 saturated heterocycles. The van der Waals surface area contributed by atoms with Crippen molar-refractivity contribution in [3.63, 3.8) is 0 Å². The molecule has 0 spiro atoms. The molecule has 0 unspecified atom stereocenters. The molecule has 0 N–H and O–H groups in total. The predicted octanol–water partition coefficient (Wildman–Crippen LogP) is 3.24. The molecule has 1 rings (SSSR count). The van der Waals surface area contributed by atoms with Gasteiger partial charge >= 0.3 is 0 Å². The van der Waals surface area contributed by atoms with Crippen LogP contribution in [0.5, 0.6) is 0 Å². The molecule has 0 radical (unpaired) electrons. The maximum absolute atomic E-state index is 10.9. The second kappa shape index (κ2) is 4.91. The van der Waals surface area contributed by atoms with E-state index in [4.69, 9.17) is 23.2 Å². The summed E-state index contributed by atoms with van der Waals surface area (Å²) in [5.41, 5.74) is -1.54. The molecule has 0 aliphatic carbocycles. The number of carbonyl (C=O) groups excluding carboxylic acids is 2. The molecule has 1 aromatic carbocycles. The van der Waals surface area contributed by atoms with Crippen molar-refractivity contribution in [3.8, 4) is 0 Å². The lowest BCUT2D eigenvalue weighted by Gasteiger charge is -2.02. The van der Waals surface area contributed by atoms with Crippen LogP contribution in [-0.2, 0) is 0 Å². The highest BCUT2D eigenvalue weighted by Gasteiger charge is 2.20. The van der Waals surface area contributed by atoms with Crippen molar-refractivity contribution in [2.24, 2.45) is 10.4 Å². The van der Waals surface area contributed by atoms with Crippen LogP contribution < -0.4 is 0 Å². The Bertz CT molecular complexity index is 466. The summed E-state index contributed by atoms with van der Waals surface area (Å²) < 4.78 is 0. The van der Waals surface area contributed by atoms with Crippen molar-refractivity contribution in [2.45, 2.75) is 0 Å². The van der Waals surface area contributed by atoms with Gasteiger partial charge in [-0.3, -0.25) is 9.59 Å². The van der Waals surface area contributed by atoms with E-state index >= 15 is 0 Å². The van der Waals surface area contributed by atoms with E-state index in [9.17, 15) is 19.4 Å². The third-order valence-corrected chi connectivity index (χ3v) is 2.12. The van der Waals surface area contributed by atoms with Crippen molar-refractivity contribution >= 4 is 45.1 Å². The normalized spacial score (nSPS) is 9.62. The van der Waals surface area contributed by atoms with Crippen LogP contribution in [-0.4, -0.2) is 10.5 Å². The molecule has 82 valence electrons. The molecule has 0 aromatic heterocycles. The maximum atomic E-state index is 10.9. The molecule has 0 aliphatic heterocycles. The van der Waals surface area contributed by atoms with Gasteiger partial charge in [0.2, 0.25) is 0 Å². The van der Waals surface area contributed by atoms with Crippen molar-refractivity contribution in [1.82, 2.24) is 0 Å². The van der Waals surface area contributed by atoms with Gasteiger partial charge in [0.25, 0.3) is 10.5 Å². The van der Waals surface area contributed by atoms with Crippen LogP contribution in [0.15, 0.2) is 22.5 Å². The molecule has 0 aliphatic rings. The van der Waals surface area contributed by atoms with Crippen LogP contribution in [0.3, 0.4) is 0 Å². The van der Waals surface area contributed by atoms with Crippen LogP contribution in [0.2, 0.25) is 0 Å². The maximum Gasteiger partial charge on any atom is 0.254 e. The Kier molecular flexibility index (Phi) is 3.81. The summed E-state index contributed by atoms with van der Waals surface area (Å²) in [6.45, 7) is 0. The molecular weight excluding hydrogens is 259 g/mol. The molecule has 1 aromatic rings. The van der Waals surface area contributed by atoms with E-state index in [0.717, 1.165) is 12.1 Å². The molecule has 0 atom stereocenters. The Hall–Kier alpha value is -1.66. The second-order valence-electron chi connectivity index (χ2n) is 2.62. The fourth-order valence-corrected chi connectivity index (χ4v) is 1.36. The minimum Gasteiger partial charge on any atom is -0.276 e. The van der Waals surface area contributed by atoms with Gasteiger partial charge in [-0.2, -0.15) is 0 Å². The van der Waals surface area contributed by atoms with Gasteiger partial charge in [-0.1, -0.05) is 0 Å². The number of rotatable bonds is 4. The predicted molar refractivity (Wildman–Crippen MR) is 57.7 cm³/mol. The van der Waals surface area contributed by atoms with E-state index < -0.39 is 27.3 Å². The van der Waals surface area contributed by atoms with Crippen LogP contribution in [0.1, 0.15) is 20.7 Å². The zero-order chi connectivity index (χ0) is 12.3. The average Bonchev–Trinajstić information content (AvgIpc) is 2.26. The number of carbonyl (C=O) groups is 2. The molecule has 0 bridgehead atoms. The molecule has 6 nitrogen and oxygen atoms in total. The summed E-state index contributed by atoms with van der Waals surface area (Å²) in [5, 5.41) is 2.92. The molecule has 8 heteroatoms. The van der Waals surface area contributed by atoms with Gasteiger partial charge in [0, 0.05) is 0 Å². The summed E-state index contributed by atoms with van der Waals surface area (Å²) in [6.07, 6.45) is 0. The second-order valence-corrected chi connectivity index (χ2v) is 3.31. The molecule has 0 amide bonds. The highest BCUT2D eigenvalue weighted by molar-refractivity contribution is 6.70. The zero-order valence-corrected chi connectivity index (χ0v) is 8.95. The first-order valence-electron chi connectivity index (χ1n) is 3.75. The largest absolute Gasteiger partial charge is 0.276 e. The van der Waals surface area contributed by atoms with Crippen molar-refractivity contribution < 1.29 is 9.59 Å². The Morgan fingerprint density at radius 3 is 1.62 bits per heavy atom. The van der Waals surface area contributed by atoms with Gasteiger partial charge in [-0.05, 0) is 45.7 Å². The van der Waals surface area contributed by atoms with Crippen LogP contribution >= 0.6 is 23.2 Å². The Morgan fingerprint density at radius 2 is 1.38 bits per heavy atom. The highest BCUT2D eigenvalue weighted by atomic mass is 35.5. The number of nitroso groups, excluding NO2 is 2. The SMILES string of the molecule is O=Nc1cc(C(=O)Cl)c(N=O)c(C(=O)Cl)c1. The van der Waals surface area contributed by atoms with E-state index in [1.54, 1.807) is 0 Å². The fourth-order valence-electron chi connectivity index (χ4n) is 1.07. The number of hydrogen-bond donors (Lipinski definition) is 0. The lowest BCUT2D eigenvalue weighted by molar-refractivity contribution is 0.108. The summed E-state index contributed by atoms with van der Waals surface area (Å²) in [5.74, 6) is 0. The van der Waals surface area contributed by atoms with Gasteiger partial charge in [-0.25, -0.2) is 0 Å². The standard InChI is InChI=1S/C8H2Cl2N2O4/c9-7(13)4-1-3(11-15)2-5(8(10)14)6(4)12-16/h1-2H. The first-order chi connectivity index (χ1) is 7.51. The first kappa shape index (κ1) is 12.4. The van der Waals surface area contributed by atoms with Crippen molar-refractivity contribution in [2.75, 3.05) is 0 Å². The topological polar surface area (TPSA) is 93.0 Å². The number of benzene rings is 1. The van der Waals surface area contributed by atoms with E-state index in [2.05, 4.69) is 10.4 Å². The molecular formula is C8H2Cl2N2O4. The van der Waals surface area contributed by atoms with Crippen LogP contribution in [0.4, 0.5) is 11.4 Å². The molecule has 0 fully saturated rings. The van der Waals surface area contributed by atoms with E-state index in [1.165, 1.54) is 0 Å². The van der Waals surface area contributed by atoms with Gasteiger partial charge in [0.05, 0.1) is 11.1 Å². The van der Waals surface area contributed by atoms with Gasteiger partial charge in [0.1, 0.15) is 11.4 Å². The summed E-state index contributed by atoms with van der Waals surface area (Å²) in [6, 6.07) is 1.89. The molecule has 0 heterocycles. The minimum atomic E-state index is -1.04. The van der Waals surface area contributed by atoms with E-state index in [1.807, 2.05) is 0 Å². The Labute approximate surface area is 98.5 Å². The van der Waals surface area contributed by atoms with Gasteiger partial charge in [-0.15, -0.1) is 9.81 Å².